The fraction of sp³-hybridized carbons (Fsp3) is 0.600. The Kier molecular flexibility index (Phi) is 4.63. The topological polar surface area (TPSA) is 50.5 Å². The molecule has 4 nitrogen and oxygen atoms in total. The van der Waals surface area contributed by atoms with Crippen molar-refractivity contribution in [2.24, 2.45) is 0 Å². The van der Waals surface area contributed by atoms with Gasteiger partial charge in [0.25, 0.3) is 5.91 Å². The molecule has 0 fully saturated rings. The summed E-state index contributed by atoms with van der Waals surface area (Å²) in [6.07, 6.45) is -3.74. The van der Waals surface area contributed by atoms with Gasteiger partial charge in [-0.2, -0.15) is 13.2 Å². The van der Waals surface area contributed by atoms with E-state index in [-0.39, 0.29) is 18.1 Å². The van der Waals surface area contributed by atoms with Crippen LogP contribution in [0.1, 0.15) is 58.4 Å². The molecule has 0 saturated heterocycles. The molecule has 1 heterocycles. The van der Waals surface area contributed by atoms with E-state index in [2.05, 4.69) is 0 Å². The molecule has 122 valence electrons. The van der Waals surface area contributed by atoms with Crippen molar-refractivity contribution in [1.82, 2.24) is 4.90 Å². The smallest absolute Gasteiger partial charge is 0.390 e. The van der Waals surface area contributed by atoms with Crippen molar-refractivity contribution in [3.05, 3.63) is 22.6 Å². The van der Waals surface area contributed by atoms with Crippen LogP contribution in [-0.4, -0.2) is 35.9 Å². The van der Waals surface area contributed by atoms with Crippen LogP contribution in [0.3, 0.4) is 0 Å². The quantitative estimate of drug-likeness (QED) is 0.854. The monoisotopic (exact) mass is 317 g/mol. The van der Waals surface area contributed by atoms with Crippen molar-refractivity contribution >= 4 is 11.7 Å². The first-order valence-electron chi connectivity index (χ1n) is 7.26. The molecule has 2 rings (SSSR count). The van der Waals surface area contributed by atoms with E-state index in [0.29, 0.717) is 36.1 Å². The summed E-state index contributed by atoms with van der Waals surface area (Å²) in [4.78, 5) is 25.4. The zero-order valence-electron chi connectivity index (χ0n) is 12.5. The van der Waals surface area contributed by atoms with Gasteiger partial charge in [-0.15, -0.1) is 0 Å². The lowest BCUT2D eigenvalue weighted by Gasteiger charge is -2.20. The largest absolute Gasteiger partial charge is 0.455 e. The first-order valence-corrected chi connectivity index (χ1v) is 7.26. The molecule has 0 unspecified atom stereocenters. The Morgan fingerprint density at radius 2 is 2.00 bits per heavy atom. The number of alkyl halides is 3. The fourth-order valence-corrected chi connectivity index (χ4v) is 2.66. The highest BCUT2D eigenvalue weighted by Gasteiger charge is 2.32. The van der Waals surface area contributed by atoms with Gasteiger partial charge < -0.3 is 9.32 Å². The van der Waals surface area contributed by atoms with Gasteiger partial charge in [0.1, 0.15) is 5.76 Å². The maximum atomic E-state index is 12.4. The molecule has 1 aromatic rings. The zero-order valence-corrected chi connectivity index (χ0v) is 12.5. The van der Waals surface area contributed by atoms with Crippen molar-refractivity contribution in [2.45, 2.75) is 45.7 Å². The van der Waals surface area contributed by atoms with Crippen molar-refractivity contribution in [2.75, 3.05) is 13.1 Å². The molecular weight excluding hydrogens is 299 g/mol. The second kappa shape index (κ2) is 6.14. The number of fused-ring (bicyclic) bond motifs is 1. The number of amides is 1. The number of carbonyl (C=O) groups is 2. The van der Waals surface area contributed by atoms with Crippen LogP contribution < -0.4 is 0 Å². The van der Waals surface area contributed by atoms with Gasteiger partial charge in [0.05, 0.1) is 12.0 Å². The Balaban J connectivity index is 2.23. The molecule has 22 heavy (non-hydrogen) atoms. The Morgan fingerprint density at radius 1 is 1.32 bits per heavy atom. The molecule has 0 bridgehead atoms. The van der Waals surface area contributed by atoms with Gasteiger partial charge in [-0.1, -0.05) is 0 Å². The number of carbonyl (C=O) groups excluding carboxylic acids is 2. The van der Waals surface area contributed by atoms with Gasteiger partial charge >= 0.3 is 6.18 Å². The van der Waals surface area contributed by atoms with Gasteiger partial charge in [0, 0.05) is 31.5 Å². The molecule has 0 N–H and O–H groups in total. The van der Waals surface area contributed by atoms with E-state index in [0.717, 1.165) is 4.90 Å². The highest BCUT2D eigenvalue weighted by atomic mass is 19.4. The molecule has 0 aromatic carbocycles. The lowest BCUT2D eigenvalue weighted by atomic mass is 9.94. The second-order valence-corrected chi connectivity index (χ2v) is 5.38. The van der Waals surface area contributed by atoms with E-state index < -0.39 is 25.0 Å². The Hall–Kier alpha value is -1.79. The minimum atomic E-state index is -4.32. The molecule has 0 atom stereocenters. The van der Waals surface area contributed by atoms with Crippen LogP contribution in [0.5, 0.6) is 0 Å². The maximum Gasteiger partial charge on any atom is 0.390 e. The van der Waals surface area contributed by atoms with Crippen molar-refractivity contribution < 1.29 is 27.2 Å². The Bertz CT molecular complexity index is 590. The molecule has 0 aliphatic heterocycles. The molecule has 0 spiro atoms. The van der Waals surface area contributed by atoms with E-state index in [1.54, 1.807) is 13.8 Å². The molecule has 1 aliphatic carbocycles. The van der Waals surface area contributed by atoms with E-state index in [1.165, 1.54) is 0 Å². The minimum Gasteiger partial charge on any atom is -0.455 e. The third-order valence-electron chi connectivity index (χ3n) is 3.83. The van der Waals surface area contributed by atoms with Crippen LogP contribution in [0, 0.1) is 6.92 Å². The molecule has 1 amide bonds. The molecular formula is C15H18F3NO3. The van der Waals surface area contributed by atoms with Gasteiger partial charge in [0.2, 0.25) is 0 Å². The van der Waals surface area contributed by atoms with E-state index in [1.807, 2.05) is 0 Å². The summed E-state index contributed by atoms with van der Waals surface area (Å²) in [6.45, 7) is 2.94. The lowest BCUT2D eigenvalue weighted by Crippen LogP contribution is -2.34. The molecule has 0 saturated carbocycles. The molecule has 1 aromatic heterocycles. The van der Waals surface area contributed by atoms with Gasteiger partial charge in [-0.3, -0.25) is 9.59 Å². The number of halogens is 3. The number of ketones is 1. The minimum absolute atomic E-state index is 0.00993. The molecule has 0 radical (unpaired) electrons. The highest BCUT2D eigenvalue weighted by Crippen LogP contribution is 2.30. The highest BCUT2D eigenvalue weighted by molar-refractivity contribution is 6.03. The number of rotatable bonds is 4. The first kappa shape index (κ1) is 16.6. The van der Waals surface area contributed by atoms with Crippen LogP contribution in [-0.2, 0) is 6.42 Å². The lowest BCUT2D eigenvalue weighted by molar-refractivity contribution is -0.136. The van der Waals surface area contributed by atoms with Gasteiger partial charge in [0.15, 0.2) is 11.5 Å². The van der Waals surface area contributed by atoms with Gasteiger partial charge in [-0.25, -0.2) is 0 Å². The van der Waals surface area contributed by atoms with Crippen LogP contribution in [0.2, 0.25) is 0 Å². The van der Waals surface area contributed by atoms with Crippen LogP contribution >= 0.6 is 0 Å². The SMILES string of the molecule is CCN(CCC(F)(F)F)C(=O)c1oc2c(c1C)C(=O)CCC2. The Morgan fingerprint density at radius 3 is 2.55 bits per heavy atom. The summed E-state index contributed by atoms with van der Waals surface area (Å²) in [5.74, 6) is -0.195. The summed E-state index contributed by atoms with van der Waals surface area (Å²) >= 11 is 0. The number of nitrogens with zero attached hydrogens (tertiary/aromatic N) is 1. The average Bonchev–Trinajstić information content (AvgIpc) is 2.76. The summed E-state index contributed by atoms with van der Waals surface area (Å²) in [6, 6.07) is 0. The number of furan rings is 1. The maximum absolute atomic E-state index is 12.4. The number of Topliss-reactive ketones (excluding diaryl/α,β-unsaturated/α-hetero) is 1. The third-order valence-corrected chi connectivity index (χ3v) is 3.83. The summed E-state index contributed by atoms with van der Waals surface area (Å²) < 4.78 is 42.5. The molecule has 1 aliphatic rings. The predicted octanol–water partition coefficient (Wildman–Crippen LogP) is 3.52. The van der Waals surface area contributed by atoms with E-state index in [4.69, 9.17) is 4.42 Å². The predicted molar refractivity (Wildman–Crippen MR) is 73.0 cm³/mol. The summed E-state index contributed by atoms with van der Waals surface area (Å²) in [5, 5.41) is 0. The first-order chi connectivity index (χ1) is 10.2. The van der Waals surface area contributed by atoms with Crippen LogP contribution in [0.15, 0.2) is 4.42 Å². The average molecular weight is 317 g/mol. The standard InChI is InChI=1S/C15H18F3NO3/c1-3-19(8-7-15(16,17)18)14(21)13-9(2)12-10(20)5-4-6-11(12)22-13/h3-8H2,1-2H3. The number of hydrogen-bond acceptors (Lipinski definition) is 3. The van der Waals surface area contributed by atoms with Crippen LogP contribution in [0.25, 0.3) is 0 Å². The van der Waals surface area contributed by atoms with E-state index in [9.17, 15) is 22.8 Å². The van der Waals surface area contributed by atoms with Crippen molar-refractivity contribution in [3.8, 4) is 0 Å². The fourth-order valence-electron chi connectivity index (χ4n) is 2.66. The van der Waals surface area contributed by atoms with Crippen LogP contribution in [0.4, 0.5) is 13.2 Å². The zero-order chi connectivity index (χ0) is 16.5. The normalized spacial score (nSPS) is 14.9. The second-order valence-electron chi connectivity index (χ2n) is 5.38. The van der Waals surface area contributed by atoms with Gasteiger partial charge in [-0.05, 0) is 20.3 Å². The number of aryl methyl sites for hydroxylation is 1. The summed E-state index contributed by atoms with van der Waals surface area (Å²) in [5.41, 5.74) is 0.872. The number of hydrogen-bond donors (Lipinski definition) is 0. The van der Waals surface area contributed by atoms with Crippen molar-refractivity contribution in [1.29, 1.82) is 0 Å². The van der Waals surface area contributed by atoms with Crippen molar-refractivity contribution in [3.63, 3.8) is 0 Å². The molecule has 7 heteroatoms. The van der Waals surface area contributed by atoms with E-state index >= 15 is 0 Å². The third kappa shape index (κ3) is 3.34. The Labute approximate surface area is 126 Å². The summed E-state index contributed by atoms with van der Waals surface area (Å²) in [7, 11) is 0.